The van der Waals surface area contributed by atoms with Gasteiger partial charge >= 0.3 is 0 Å². The van der Waals surface area contributed by atoms with Crippen LogP contribution in [0.5, 0.6) is 5.75 Å². The fourth-order valence-electron chi connectivity index (χ4n) is 7.37. The number of carbonyl (C=O) groups excluding carboxylic acids is 5. The number of allylic oxidation sites excluding steroid dienone is 2. The third-order valence-electron chi connectivity index (χ3n) is 9.39. The minimum Gasteiger partial charge on any atom is -0.507 e. The molecule has 0 aromatic heterocycles. The fourth-order valence-corrected chi connectivity index (χ4v) is 8.39. The number of carbonyl (C=O) groups is 5. The van der Waals surface area contributed by atoms with Crippen molar-refractivity contribution in [3.05, 3.63) is 70.3 Å². The number of benzene rings is 2. The van der Waals surface area contributed by atoms with Crippen molar-refractivity contribution in [2.45, 2.75) is 49.3 Å². The van der Waals surface area contributed by atoms with Gasteiger partial charge in [0.1, 0.15) is 5.75 Å². The number of hydrogen-bond acceptors (Lipinski definition) is 6. The minimum absolute atomic E-state index is 0.0946. The number of fused-ring (bicyclic) bond motifs is 4. The van der Waals surface area contributed by atoms with Crippen LogP contribution >= 0.6 is 23.2 Å². The molecule has 212 valence electrons. The molecule has 6 unspecified atom stereocenters. The number of likely N-dealkylation sites (tertiary alicyclic amines) is 1. The lowest BCUT2D eigenvalue weighted by Gasteiger charge is -2.51. The van der Waals surface area contributed by atoms with Gasteiger partial charge in [0.05, 0.1) is 17.5 Å². The lowest BCUT2D eigenvalue weighted by Crippen LogP contribution is -2.60. The maximum atomic E-state index is 14.0. The highest BCUT2D eigenvalue weighted by atomic mass is 35.5. The Kier molecular flexibility index (Phi) is 6.08. The lowest BCUT2D eigenvalue weighted by molar-refractivity contribution is -0.138. The van der Waals surface area contributed by atoms with E-state index in [-0.39, 0.29) is 30.3 Å². The lowest BCUT2D eigenvalue weighted by atomic mass is 9.56. The molecule has 6 rings (SSSR count). The molecule has 41 heavy (non-hydrogen) atoms. The SMILES string of the molecule is CC(=O)c1ccc(N2C(=O)C3CC=C4C(CC5(Cl)C(=O)N(C)C(=O)C5(Cl)C4c4cc(C)c(O)c(C)c4)C3C2=O)cc1. The van der Waals surface area contributed by atoms with Crippen LogP contribution in [0.25, 0.3) is 0 Å². The monoisotopic (exact) mass is 594 g/mol. The van der Waals surface area contributed by atoms with Crippen molar-refractivity contribution in [1.29, 1.82) is 0 Å². The molecule has 8 nitrogen and oxygen atoms in total. The van der Waals surface area contributed by atoms with Gasteiger partial charge in [0, 0.05) is 18.5 Å². The summed E-state index contributed by atoms with van der Waals surface area (Å²) in [7, 11) is 1.35. The smallest absolute Gasteiger partial charge is 0.253 e. The van der Waals surface area contributed by atoms with E-state index in [4.69, 9.17) is 23.2 Å². The molecular formula is C31H28Cl2N2O6. The summed E-state index contributed by atoms with van der Waals surface area (Å²) in [5.74, 6) is -5.11. The first-order valence-corrected chi connectivity index (χ1v) is 14.2. The fraction of sp³-hybridized carbons (Fsp3) is 0.387. The van der Waals surface area contributed by atoms with E-state index in [0.29, 0.717) is 33.5 Å². The number of amides is 4. The normalized spacial score (nSPS) is 32.6. The Bertz CT molecular complexity index is 1590. The number of imide groups is 2. The van der Waals surface area contributed by atoms with Crippen molar-refractivity contribution >= 4 is 58.3 Å². The molecule has 6 atom stereocenters. The number of Topliss-reactive ketones (excluding diaryl/α,β-unsaturated/α-hetero) is 1. The molecule has 0 spiro atoms. The number of rotatable bonds is 3. The third kappa shape index (κ3) is 3.50. The van der Waals surface area contributed by atoms with E-state index < -0.39 is 51.1 Å². The Labute approximate surface area is 246 Å². The summed E-state index contributed by atoms with van der Waals surface area (Å²) < 4.78 is 0. The zero-order valence-corrected chi connectivity index (χ0v) is 24.4. The average Bonchev–Trinajstić information content (AvgIpc) is 3.26. The van der Waals surface area contributed by atoms with Crippen molar-refractivity contribution in [2.24, 2.45) is 17.8 Å². The molecule has 0 bridgehead atoms. The number of nitrogens with zero attached hydrogens (tertiary/aromatic N) is 2. The van der Waals surface area contributed by atoms with Crippen molar-refractivity contribution < 1.29 is 29.1 Å². The third-order valence-corrected chi connectivity index (χ3v) is 10.8. The summed E-state index contributed by atoms with van der Waals surface area (Å²) in [4.78, 5) is 65.1. The molecule has 2 aromatic carbocycles. The summed E-state index contributed by atoms with van der Waals surface area (Å²) >= 11 is 14.4. The molecule has 2 heterocycles. The van der Waals surface area contributed by atoms with E-state index in [0.717, 1.165) is 9.80 Å². The number of anilines is 1. The quantitative estimate of drug-likeness (QED) is 0.244. The Morgan fingerprint density at radius 1 is 0.951 bits per heavy atom. The Morgan fingerprint density at radius 3 is 2.15 bits per heavy atom. The highest BCUT2D eigenvalue weighted by Crippen LogP contribution is 2.65. The van der Waals surface area contributed by atoms with Gasteiger partial charge < -0.3 is 5.11 Å². The average molecular weight is 595 g/mol. The van der Waals surface area contributed by atoms with Gasteiger partial charge in [-0.15, -0.1) is 23.2 Å². The Hall–Kier alpha value is -3.49. The molecule has 10 heteroatoms. The van der Waals surface area contributed by atoms with E-state index in [9.17, 15) is 29.1 Å². The predicted molar refractivity (Wildman–Crippen MR) is 152 cm³/mol. The zero-order chi connectivity index (χ0) is 29.8. The van der Waals surface area contributed by atoms with Crippen molar-refractivity contribution in [2.75, 3.05) is 11.9 Å². The van der Waals surface area contributed by atoms with Crippen molar-refractivity contribution in [1.82, 2.24) is 4.90 Å². The van der Waals surface area contributed by atoms with Crippen LogP contribution in [0, 0.1) is 31.6 Å². The second-order valence-electron chi connectivity index (χ2n) is 11.6. The number of phenolic OH excluding ortho intramolecular Hbond substituents is 1. The molecule has 1 N–H and O–H groups in total. The summed E-state index contributed by atoms with van der Waals surface area (Å²) in [6, 6.07) is 9.75. The molecular weight excluding hydrogens is 567 g/mol. The first kappa shape index (κ1) is 27.7. The number of hydrogen-bond donors (Lipinski definition) is 1. The number of phenols is 1. The number of aryl methyl sites for hydroxylation is 2. The number of halogens is 2. The van der Waals surface area contributed by atoms with Crippen LogP contribution in [0.4, 0.5) is 5.69 Å². The minimum atomic E-state index is -1.88. The van der Waals surface area contributed by atoms with Crippen LogP contribution in [0.2, 0.25) is 0 Å². The van der Waals surface area contributed by atoms with Gasteiger partial charge in [-0.3, -0.25) is 33.8 Å². The number of ketones is 1. The van der Waals surface area contributed by atoms with Crippen LogP contribution in [0.3, 0.4) is 0 Å². The first-order valence-electron chi connectivity index (χ1n) is 13.4. The van der Waals surface area contributed by atoms with Crippen molar-refractivity contribution in [3.8, 4) is 5.75 Å². The molecule has 2 aliphatic heterocycles. The van der Waals surface area contributed by atoms with Crippen LogP contribution in [0.15, 0.2) is 48.0 Å². The van der Waals surface area contributed by atoms with Crippen LogP contribution < -0.4 is 4.90 Å². The van der Waals surface area contributed by atoms with Gasteiger partial charge in [-0.05, 0) is 80.5 Å². The summed E-state index contributed by atoms with van der Waals surface area (Å²) in [5.41, 5.74) is 3.23. The number of aromatic hydroxyl groups is 1. The van der Waals surface area contributed by atoms with Crippen LogP contribution in [-0.4, -0.2) is 56.2 Å². The maximum absolute atomic E-state index is 14.0. The van der Waals surface area contributed by atoms with Crippen LogP contribution in [-0.2, 0) is 19.2 Å². The molecule has 3 fully saturated rings. The van der Waals surface area contributed by atoms with Gasteiger partial charge in [-0.2, -0.15) is 0 Å². The van der Waals surface area contributed by atoms with Crippen LogP contribution in [0.1, 0.15) is 52.7 Å². The molecule has 4 aliphatic rings. The van der Waals surface area contributed by atoms with E-state index in [1.54, 1.807) is 50.2 Å². The van der Waals surface area contributed by atoms with E-state index in [2.05, 4.69) is 0 Å². The first-order chi connectivity index (χ1) is 19.2. The molecule has 2 aromatic rings. The molecule has 2 aliphatic carbocycles. The Morgan fingerprint density at radius 2 is 1.56 bits per heavy atom. The van der Waals surface area contributed by atoms with Crippen molar-refractivity contribution in [3.63, 3.8) is 0 Å². The highest BCUT2D eigenvalue weighted by molar-refractivity contribution is 6.53. The zero-order valence-electron chi connectivity index (χ0n) is 22.9. The van der Waals surface area contributed by atoms with E-state index >= 15 is 0 Å². The standard InChI is InChI=1S/C31H28Cl2N2O6/c1-14-11-18(12-15(2)25(14)37)24-20-9-10-21-23(22(20)13-30(32)28(40)34(4)29(41)31(24,30)33)27(39)35(26(21)38)19-7-5-17(6-8-19)16(3)36/h5-9,11-12,21-24,37H,10,13H2,1-4H3. The van der Waals surface area contributed by atoms with Gasteiger partial charge in [-0.1, -0.05) is 23.8 Å². The largest absolute Gasteiger partial charge is 0.507 e. The molecule has 4 amide bonds. The molecule has 1 saturated carbocycles. The van der Waals surface area contributed by atoms with Gasteiger partial charge in [0.25, 0.3) is 11.8 Å². The van der Waals surface area contributed by atoms with Gasteiger partial charge in [0.15, 0.2) is 15.5 Å². The molecule has 2 saturated heterocycles. The predicted octanol–water partition coefficient (Wildman–Crippen LogP) is 4.40. The summed E-state index contributed by atoms with van der Waals surface area (Å²) in [6.07, 6.45) is 2.02. The second kappa shape index (κ2) is 9.00. The number of alkyl halides is 2. The van der Waals surface area contributed by atoms with Gasteiger partial charge in [-0.25, -0.2) is 0 Å². The molecule has 0 radical (unpaired) electrons. The van der Waals surface area contributed by atoms with Gasteiger partial charge in [0.2, 0.25) is 11.8 Å². The maximum Gasteiger partial charge on any atom is 0.253 e. The topological polar surface area (TPSA) is 112 Å². The summed E-state index contributed by atoms with van der Waals surface area (Å²) in [5, 5.41) is 10.5. The van der Waals surface area contributed by atoms with E-state index in [1.807, 2.05) is 6.08 Å². The van der Waals surface area contributed by atoms with E-state index in [1.165, 1.54) is 14.0 Å². The highest BCUT2D eigenvalue weighted by Gasteiger charge is 2.75. The summed E-state index contributed by atoms with van der Waals surface area (Å²) in [6.45, 7) is 4.90. The second-order valence-corrected chi connectivity index (χ2v) is 12.9. The Balaban J connectivity index is 1.50.